The van der Waals surface area contributed by atoms with Gasteiger partial charge in [0.05, 0.1) is 17.1 Å². The smallest absolute Gasteiger partial charge is 0.280 e. The maximum atomic E-state index is 12.4. The maximum Gasteiger partial charge on any atom is 0.280 e. The molecular formula is C20H19NO5. The Labute approximate surface area is 151 Å². The standard InChI is InChI=1S/C20H19NO5/c1-3-25-19-12-15-10-13(2)26-20(15)11-14(19)8-9-18(22)16-6-4-5-7-17(16)21(23)24/h4-9,11-13H,3,10H2,1-2H3/b9-8+/t13-/m0/s1. The Bertz CT molecular complexity index is 888. The molecule has 6 heteroatoms. The van der Waals surface area contributed by atoms with Crippen molar-refractivity contribution in [2.45, 2.75) is 26.4 Å². The van der Waals surface area contributed by atoms with Crippen LogP contribution in [0, 0.1) is 10.1 Å². The van der Waals surface area contributed by atoms with Crippen LogP contribution < -0.4 is 9.47 Å². The number of para-hydroxylation sites is 1. The van der Waals surface area contributed by atoms with Crippen molar-refractivity contribution in [2.75, 3.05) is 6.61 Å². The normalized spacial score (nSPS) is 15.5. The van der Waals surface area contributed by atoms with Gasteiger partial charge in [-0.15, -0.1) is 0 Å². The van der Waals surface area contributed by atoms with Gasteiger partial charge in [0, 0.05) is 23.6 Å². The number of fused-ring (bicyclic) bond motifs is 1. The monoisotopic (exact) mass is 353 g/mol. The minimum atomic E-state index is -0.558. The summed E-state index contributed by atoms with van der Waals surface area (Å²) in [6.45, 7) is 4.38. The number of hydrogen-bond acceptors (Lipinski definition) is 5. The Morgan fingerprint density at radius 1 is 1.38 bits per heavy atom. The summed E-state index contributed by atoms with van der Waals surface area (Å²) in [7, 11) is 0. The van der Waals surface area contributed by atoms with Gasteiger partial charge >= 0.3 is 0 Å². The molecule has 134 valence electrons. The summed E-state index contributed by atoms with van der Waals surface area (Å²) < 4.78 is 11.4. The molecule has 1 aliphatic heterocycles. The first kappa shape index (κ1) is 17.7. The van der Waals surface area contributed by atoms with Crippen LogP contribution in [0.4, 0.5) is 5.69 Å². The highest BCUT2D eigenvalue weighted by molar-refractivity contribution is 6.09. The molecule has 0 N–H and O–H groups in total. The predicted octanol–water partition coefficient (Wildman–Crippen LogP) is 4.21. The van der Waals surface area contributed by atoms with Crippen molar-refractivity contribution in [1.82, 2.24) is 0 Å². The van der Waals surface area contributed by atoms with E-state index in [4.69, 9.17) is 9.47 Å². The molecule has 6 nitrogen and oxygen atoms in total. The summed E-state index contributed by atoms with van der Waals surface area (Å²) in [5.74, 6) is 1.00. The molecule has 0 radical (unpaired) electrons. The number of nitro groups is 1. The highest BCUT2D eigenvalue weighted by Gasteiger charge is 2.22. The van der Waals surface area contributed by atoms with Crippen LogP contribution in [0.5, 0.6) is 11.5 Å². The second-order valence-corrected chi connectivity index (χ2v) is 6.04. The van der Waals surface area contributed by atoms with E-state index >= 15 is 0 Å². The second-order valence-electron chi connectivity index (χ2n) is 6.04. The molecule has 0 bridgehead atoms. The SMILES string of the molecule is CCOc1cc2c(cc1/C=C/C(=O)c1ccccc1[N+](=O)[O-])O[C@@H](C)C2. The van der Waals surface area contributed by atoms with Crippen molar-refractivity contribution in [3.63, 3.8) is 0 Å². The molecule has 0 aliphatic carbocycles. The third kappa shape index (κ3) is 3.59. The highest BCUT2D eigenvalue weighted by atomic mass is 16.6. The summed E-state index contributed by atoms with van der Waals surface area (Å²) in [5, 5.41) is 11.1. The van der Waals surface area contributed by atoms with E-state index in [1.54, 1.807) is 12.1 Å². The first-order valence-electron chi connectivity index (χ1n) is 8.41. The zero-order valence-corrected chi connectivity index (χ0v) is 14.6. The fraction of sp³-hybridized carbons (Fsp3) is 0.250. The van der Waals surface area contributed by atoms with Crippen molar-refractivity contribution < 1.29 is 19.2 Å². The van der Waals surface area contributed by atoms with E-state index in [9.17, 15) is 14.9 Å². The van der Waals surface area contributed by atoms with Crippen LogP contribution in [0.25, 0.3) is 6.08 Å². The van der Waals surface area contributed by atoms with Crippen molar-refractivity contribution in [1.29, 1.82) is 0 Å². The van der Waals surface area contributed by atoms with E-state index in [1.165, 1.54) is 24.3 Å². The molecule has 2 aromatic carbocycles. The number of ether oxygens (including phenoxy) is 2. The third-order valence-corrected chi connectivity index (χ3v) is 4.11. The van der Waals surface area contributed by atoms with Gasteiger partial charge in [-0.1, -0.05) is 12.1 Å². The van der Waals surface area contributed by atoms with Gasteiger partial charge in [0.1, 0.15) is 17.6 Å². The molecule has 3 rings (SSSR count). The molecule has 0 spiro atoms. The van der Waals surface area contributed by atoms with Gasteiger partial charge in [0.15, 0.2) is 5.78 Å². The van der Waals surface area contributed by atoms with Gasteiger partial charge in [-0.25, -0.2) is 0 Å². The first-order chi connectivity index (χ1) is 12.5. The lowest BCUT2D eigenvalue weighted by Crippen LogP contribution is -2.05. The van der Waals surface area contributed by atoms with Crippen LogP contribution in [0.15, 0.2) is 42.5 Å². The molecule has 26 heavy (non-hydrogen) atoms. The summed E-state index contributed by atoms with van der Waals surface area (Å²) >= 11 is 0. The van der Waals surface area contributed by atoms with E-state index in [-0.39, 0.29) is 17.4 Å². The number of benzene rings is 2. The molecule has 0 fully saturated rings. The third-order valence-electron chi connectivity index (χ3n) is 4.11. The van der Waals surface area contributed by atoms with Crippen LogP contribution >= 0.6 is 0 Å². The molecule has 0 saturated heterocycles. The molecule has 0 aromatic heterocycles. The van der Waals surface area contributed by atoms with Crippen LogP contribution in [0.3, 0.4) is 0 Å². The quantitative estimate of drug-likeness (QED) is 0.336. The van der Waals surface area contributed by atoms with Gasteiger partial charge in [0.25, 0.3) is 5.69 Å². The fourth-order valence-corrected chi connectivity index (χ4v) is 2.96. The number of nitro benzene ring substituents is 1. The average Bonchev–Trinajstić information content (AvgIpc) is 2.98. The van der Waals surface area contributed by atoms with Gasteiger partial charge in [-0.2, -0.15) is 0 Å². The first-order valence-corrected chi connectivity index (χ1v) is 8.41. The van der Waals surface area contributed by atoms with Gasteiger partial charge in [0.2, 0.25) is 0 Å². The van der Waals surface area contributed by atoms with Crippen LogP contribution in [0.2, 0.25) is 0 Å². The average molecular weight is 353 g/mol. The lowest BCUT2D eigenvalue weighted by molar-refractivity contribution is -0.385. The Morgan fingerprint density at radius 3 is 2.88 bits per heavy atom. The van der Waals surface area contributed by atoms with Crippen LogP contribution in [0.1, 0.15) is 35.3 Å². The topological polar surface area (TPSA) is 78.7 Å². The second kappa shape index (κ2) is 7.39. The zero-order chi connectivity index (χ0) is 18.7. The Balaban J connectivity index is 1.92. The molecule has 1 heterocycles. The molecule has 1 atom stereocenters. The number of rotatable bonds is 6. The minimum Gasteiger partial charge on any atom is -0.493 e. The van der Waals surface area contributed by atoms with Gasteiger partial charge in [-0.3, -0.25) is 14.9 Å². The summed E-state index contributed by atoms with van der Waals surface area (Å²) in [6.07, 6.45) is 3.85. The van der Waals surface area contributed by atoms with E-state index in [2.05, 4.69) is 0 Å². The molecule has 0 unspecified atom stereocenters. The largest absolute Gasteiger partial charge is 0.493 e. The Kier molecular flexibility index (Phi) is 5.02. The van der Waals surface area contributed by atoms with Crippen molar-refractivity contribution in [2.24, 2.45) is 0 Å². The van der Waals surface area contributed by atoms with E-state index in [1.807, 2.05) is 26.0 Å². The molecule has 0 amide bonds. The summed E-state index contributed by atoms with van der Waals surface area (Å²) in [4.78, 5) is 23.0. The predicted molar refractivity (Wildman–Crippen MR) is 97.9 cm³/mol. The minimum absolute atomic E-state index is 0.0535. The van der Waals surface area contributed by atoms with Gasteiger partial charge < -0.3 is 9.47 Å². The van der Waals surface area contributed by atoms with Crippen molar-refractivity contribution >= 4 is 17.5 Å². The molecule has 2 aromatic rings. The fourth-order valence-electron chi connectivity index (χ4n) is 2.96. The molecular weight excluding hydrogens is 334 g/mol. The number of hydrogen-bond donors (Lipinski definition) is 0. The van der Waals surface area contributed by atoms with Crippen LogP contribution in [-0.4, -0.2) is 23.4 Å². The van der Waals surface area contributed by atoms with Crippen molar-refractivity contribution in [3.8, 4) is 11.5 Å². The molecule has 1 aliphatic rings. The number of nitrogens with zero attached hydrogens (tertiary/aromatic N) is 1. The molecule has 0 saturated carbocycles. The summed E-state index contributed by atoms with van der Waals surface area (Å²) in [5.41, 5.74) is 1.62. The van der Waals surface area contributed by atoms with E-state index in [0.29, 0.717) is 17.9 Å². The lowest BCUT2D eigenvalue weighted by atomic mass is 10.0. The zero-order valence-electron chi connectivity index (χ0n) is 14.6. The number of allylic oxidation sites excluding steroid dienone is 1. The van der Waals surface area contributed by atoms with Crippen LogP contribution in [-0.2, 0) is 6.42 Å². The number of carbonyl (C=O) groups is 1. The summed E-state index contributed by atoms with van der Waals surface area (Å²) in [6, 6.07) is 9.67. The number of carbonyl (C=O) groups excluding carboxylic acids is 1. The highest BCUT2D eigenvalue weighted by Crippen LogP contribution is 2.35. The number of ketones is 1. The lowest BCUT2D eigenvalue weighted by Gasteiger charge is -2.10. The maximum absolute atomic E-state index is 12.4. The van der Waals surface area contributed by atoms with E-state index < -0.39 is 10.7 Å². The van der Waals surface area contributed by atoms with E-state index in [0.717, 1.165) is 17.7 Å². The van der Waals surface area contributed by atoms with Gasteiger partial charge in [-0.05, 0) is 44.2 Å². The Morgan fingerprint density at radius 2 is 2.15 bits per heavy atom. The Hall–Kier alpha value is -3.15. The van der Waals surface area contributed by atoms with Crippen molar-refractivity contribution in [3.05, 3.63) is 69.3 Å².